The number of carboxylic acid groups (broad SMARTS) is 1. The van der Waals surface area contributed by atoms with E-state index in [2.05, 4.69) is 14.6 Å². The fourth-order valence-corrected chi connectivity index (χ4v) is 5.99. The second kappa shape index (κ2) is 14.4. The SMILES string of the molecule is Cc1ccc(S(=O)(=O)Nc2ccc3nc(N4CCN(CC(=O)N5CCCC5)CC4)cc(C(=O)O)c3c2)cc1.Cl.Cl.Cl. The normalized spacial score (nSPS) is 15.4. The Hall–Kier alpha value is -2.83. The molecule has 14 heteroatoms. The van der Waals surface area contributed by atoms with Gasteiger partial charge in [0.1, 0.15) is 5.82 Å². The zero-order chi connectivity index (χ0) is 26.9. The van der Waals surface area contributed by atoms with E-state index in [1.807, 2.05) is 16.7 Å². The van der Waals surface area contributed by atoms with Crippen LogP contribution in [0.1, 0.15) is 28.8 Å². The van der Waals surface area contributed by atoms with Crippen LogP contribution >= 0.6 is 37.2 Å². The van der Waals surface area contributed by atoms with Crippen molar-refractivity contribution in [1.82, 2.24) is 14.8 Å². The molecule has 1 amide bonds. The number of carbonyl (C=O) groups is 2. The first-order valence-corrected chi connectivity index (χ1v) is 14.2. The lowest BCUT2D eigenvalue weighted by Gasteiger charge is -2.35. The van der Waals surface area contributed by atoms with Crippen molar-refractivity contribution in [1.29, 1.82) is 0 Å². The Balaban J connectivity index is 0.00000196. The molecular formula is C27H34Cl3N5O5S. The number of likely N-dealkylation sites (tertiary alicyclic amines) is 1. The van der Waals surface area contributed by atoms with E-state index >= 15 is 0 Å². The maximum Gasteiger partial charge on any atom is 0.336 e. The average Bonchev–Trinajstić information content (AvgIpc) is 3.44. The third-order valence-corrected chi connectivity index (χ3v) is 8.52. The van der Waals surface area contributed by atoms with Crippen molar-refractivity contribution in [2.45, 2.75) is 24.7 Å². The molecule has 0 bridgehead atoms. The van der Waals surface area contributed by atoms with Crippen molar-refractivity contribution in [2.75, 3.05) is 55.4 Å². The zero-order valence-corrected chi connectivity index (χ0v) is 25.8. The topological polar surface area (TPSA) is 123 Å². The van der Waals surface area contributed by atoms with Crippen molar-refractivity contribution >= 4 is 81.5 Å². The number of aryl methyl sites for hydroxylation is 1. The molecule has 0 atom stereocenters. The van der Waals surface area contributed by atoms with E-state index in [9.17, 15) is 23.1 Å². The van der Waals surface area contributed by atoms with Crippen molar-refractivity contribution < 1.29 is 23.1 Å². The van der Waals surface area contributed by atoms with Crippen LogP contribution in [0.5, 0.6) is 0 Å². The predicted octanol–water partition coefficient (Wildman–Crippen LogP) is 4.05. The van der Waals surface area contributed by atoms with E-state index in [-0.39, 0.29) is 59.3 Å². The van der Waals surface area contributed by atoms with E-state index in [0.29, 0.717) is 49.4 Å². The van der Waals surface area contributed by atoms with Gasteiger partial charge < -0.3 is 14.9 Å². The highest BCUT2D eigenvalue weighted by Crippen LogP contribution is 2.28. The first-order chi connectivity index (χ1) is 18.2. The number of rotatable bonds is 7. The fraction of sp³-hybridized carbons (Fsp3) is 0.370. The minimum Gasteiger partial charge on any atom is -0.478 e. The number of aromatic nitrogens is 1. The largest absolute Gasteiger partial charge is 0.478 e. The number of anilines is 2. The van der Waals surface area contributed by atoms with Crippen LogP contribution in [0.4, 0.5) is 11.5 Å². The molecule has 2 saturated heterocycles. The Morgan fingerprint density at radius 1 is 0.902 bits per heavy atom. The van der Waals surface area contributed by atoms with Crippen molar-refractivity contribution in [3.8, 4) is 0 Å². The lowest BCUT2D eigenvalue weighted by atomic mass is 10.1. The van der Waals surface area contributed by atoms with E-state index < -0.39 is 16.0 Å². The summed E-state index contributed by atoms with van der Waals surface area (Å²) in [4.78, 5) is 35.5. The molecule has 41 heavy (non-hydrogen) atoms. The number of benzene rings is 2. The van der Waals surface area contributed by atoms with Crippen LogP contribution in [-0.4, -0.2) is 86.0 Å². The second-order valence-electron chi connectivity index (χ2n) is 9.83. The number of hydrogen-bond acceptors (Lipinski definition) is 7. The van der Waals surface area contributed by atoms with Gasteiger partial charge in [-0.05, 0) is 56.2 Å². The number of carbonyl (C=O) groups excluding carboxylic acids is 1. The summed E-state index contributed by atoms with van der Waals surface area (Å²) in [6.45, 7) is 6.57. The quantitative estimate of drug-likeness (QED) is 0.394. The van der Waals surface area contributed by atoms with E-state index in [4.69, 9.17) is 0 Å². The molecule has 0 radical (unpaired) electrons. The molecule has 2 fully saturated rings. The van der Waals surface area contributed by atoms with Crippen molar-refractivity contribution in [3.05, 3.63) is 59.7 Å². The number of amides is 1. The Morgan fingerprint density at radius 3 is 2.15 bits per heavy atom. The molecule has 2 aliphatic heterocycles. The van der Waals surface area contributed by atoms with Crippen LogP contribution in [0.25, 0.3) is 10.9 Å². The number of nitrogens with one attached hydrogen (secondary N) is 1. The Labute approximate surface area is 258 Å². The highest BCUT2D eigenvalue weighted by molar-refractivity contribution is 7.92. The molecular weight excluding hydrogens is 613 g/mol. The number of aromatic carboxylic acids is 1. The molecule has 5 rings (SSSR count). The van der Waals surface area contributed by atoms with Gasteiger partial charge in [0, 0.05) is 50.3 Å². The number of hydrogen-bond donors (Lipinski definition) is 2. The molecule has 3 heterocycles. The Bertz CT molecular complexity index is 1480. The van der Waals surface area contributed by atoms with Gasteiger partial charge in [-0.1, -0.05) is 17.7 Å². The fourth-order valence-electron chi connectivity index (χ4n) is 4.94. The standard InChI is InChI=1S/C27H31N5O5S.3ClH/c1-19-4-7-21(8-5-19)38(36,37)29-20-6-9-24-22(16-20)23(27(34)35)17-25(28-24)31-14-12-30(13-15-31)18-26(33)32-10-2-3-11-32;;;/h4-9,16-17,29H,2-3,10-15,18H2,1H3,(H,34,35);3*1H. The number of pyridine rings is 1. The summed E-state index contributed by atoms with van der Waals surface area (Å²) in [5.41, 5.74) is 1.71. The first-order valence-electron chi connectivity index (χ1n) is 12.7. The third-order valence-electron chi connectivity index (χ3n) is 7.12. The van der Waals surface area contributed by atoms with Crippen LogP contribution in [0.15, 0.2) is 53.4 Å². The maximum atomic E-state index is 12.8. The predicted molar refractivity (Wildman–Crippen MR) is 167 cm³/mol. The van der Waals surface area contributed by atoms with E-state index in [1.165, 1.54) is 24.3 Å². The second-order valence-corrected chi connectivity index (χ2v) is 11.5. The number of sulfonamides is 1. The number of nitrogens with zero attached hydrogens (tertiary/aromatic N) is 4. The third kappa shape index (κ3) is 7.92. The minimum atomic E-state index is -3.83. The number of carboxylic acids is 1. The first kappa shape index (κ1) is 34.4. The van der Waals surface area contributed by atoms with Gasteiger partial charge in [0.15, 0.2) is 0 Å². The number of fused-ring (bicyclic) bond motifs is 1. The van der Waals surface area contributed by atoms with Gasteiger partial charge in [0.25, 0.3) is 10.0 Å². The summed E-state index contributed by atoms with van der Waals surface area (Å²) >= 11 is 0. The molecule has 0 aliphatic carbocycles. The zero-order valence-electron chi connectivity index (χ0n) is 22.5. The van der Waals surface area contributed by atoms with Crippen LogP contribution in [0.3, 0.4) is 0 Å². The van der Waals surface area contributed by atoms with Gasteiger partial charge in [0.2, 0.25) is 5.91 Å². The number of piperazine rings is 1. The van der Waals surface area contributed by atoms with Crippen LogP contribution < -0.4 is 9.62 Å². The van der Waals surface area contributed by atoms with Gasteiger partial charge in [-0.2, -0.15) is 0 Å². The van der Waals surface area contributed by atoms with Gasteiger partial charge in [0.05, 0.1) is 22.5 Å². The molecule has 10 nitrogen and oxygen atoms in total. The molecule has 3 aromatic rings. The van der Waals surface area contributed by atoms with Crippen LogP contribution in [0.2, 0.25) is 0 Å². The monoisotopic (exact) mass is 645 g/mol. The summed E-state index contributed by atoms with van der Waals surface area (Å²) in [7, 11) is -3.83. The molecule has 0 spiro atoms. The molecule has 0 saturated carbocycles. The summed E-state index contributed by atoms with van der Waals surface area (Å²) in [6, 6.07) is 12.7. The van der Waals surface area contributed by atoms with Gasteiger partial charge >= 0.3 is 5.97 Å². The maximum absolute atomic E-state index is 12.8. The van der Waals surface area contributed by atoms with Gasteiger partial charge in [-0.3, -0.25) is 14.4 Å². The highest BCUT2D eigenvalue weighted by Gasteiger charge is 2.25. The van der Waals surface area contributed by atoms with Crippen molar-refractivity contribution in [3.63, 3.8) is 0 Å². The lowest BCUT2D eigenvalue weighted by Crippen LogP contribution is -2.50. The molecule has 2 N–H and O–H groups in total. The smallest absolute Gasteiger partial charge is 0.336 e. The molecule has 0 unspecified atom stereocenters. The average molecular weight is 647 g/mol. The van der Waals surface area contributed by atoms with Gasteiger partial charge in [-0.15, -0.1) is 37.2 Å². The van der Waals surface area contributed by atoms with Crippen LogP contribution in [0, 0.1) is 6.92 Å². The summed E-state index contributed by atoms with van der Waals surface area (Å²) < 4.78 is 28.2. The van der Waals surface area contributed by atoms with Crippen molar-refractivity contribution in [2.24, 2.45) is 0 Å². The Kier molecular flexibility index (Phi) is 12.0. The van der Waals surface area contributed by atoms with E-state index in [0.717, 1.165) is 31.5 Å². The molecule has 2 aromatic carbocycles. The van der Waals surface area contributed by atoms with Gasteiger partial charge in [-0.25, -0.2) is 18.2 Å². The number of halogens is 3. The Morgan fingerprint density at radius 2 is 1.54 bits per heavy atom. The summed E-state index contributed by atoms with van der Waals surface area (Å²) in [6.07, 6.45) is 2.14. The summed E-state index contributed by atoms with van der Waals surface area (Å²) in [5, 5.41) is 10.3. The van der Waals surface area contributed by atoms with Crippen LogP contribution in [-0.2, 0) is 14.8 Å². The van der Waals surface area contributed by atoms with E-state index in [1.54, 1.807) is 24.3 Å². The summed E-state index contributed by atoms with van der Waals surface area (Å²) in [5.74, 6) is -0.401. The minimum absolute atomic E-state index is 0. The molecule has 224 valence electrons. The lowest BCUT2D eigenvalue weighted by molar-refractivity contribution is -0.131. The molecule has 1 aromatic heterocycles. The highest BCUT2D eigenvalue weighted by atomic mass is 35.5. The molecule has 2 aliphatic rings.